The molecule has 0 atom stereocenters. The van der Waals surface area contributed by atoms with Crippen LogP contribution in [0.3, 0.4) is 0 Å². The number of aryl methyl sites for hydroxylation is 1. The highest BCUT2D eigenvalue weighted by molar-refractivity contribution is 7.80. The van der Waals surface area contributed by atoms with Crippen molar-refractivity contribution < 1.29 is 8.78 Å². The summed E-state index contributed by atoms with van der Waals surface area (Å²) in [5, 5.41) is 0. The molecule has 0 aromatic heterocycles. The van der Waals surface area contributed by atoms with E-state index in [9.17, 15) is 8.78 Å². The molecule has 1 aliphatic carbocycles. The summed E-state index contributed by atoms with van der Waals surface area (Å²) in [6.07, 6.45) is 3.06. The Hall–Kier alpha value is -1.35. The van der Waals surface area contributed by atoms with Crippen LogP contribution in [-0.2, 0) is 5.41 Å². The van der Waals surface area contributed by atoms with E-state index >= 15 is 0 Å². The molecule has 0 saturated heterocycles. The molecule has 0 aliphatic heterocycles. The highest BCUT2D eigenvalue weighted by atomic mass is 32.1. The van der Waals surface area contributed by atoms with Crippen molar-refractivity contribution in [3.8, 4) is 0 Å². The summed E-state index contributed by atoms with van der Waals surface area (Å²) in [5.74, 6) is -0.134. The van der Waals surface area contributed by atoms with Crippen molar-refractivity contribution >= 4 is 12.6 Å². The second kappa shape index (κ2) is 16.6. The summed E-state index contributed by atoms with van der Waals surface area (Å²) < 4.78 is 23.6. The Morgan fingerprint density at radius 3 is 1.57 bits per heavy atom. The minimum atomic E-state index is -0.667. The minimum absolute atomic E-state index is 0.134. The fraction of sp³-hybridized carbons (Fsp3) is 0.520. The Labute approximate surface area is 178 Å². The van der Waals surface area contributed by atoms with Crippen LogP contribution in [0.1, 0.15) is 78.9 Å². The van der Waals surface area contributed by atoms with Gasteiger partial charge in [-0.15, -0.1) is 12.6 Å². The minimum Gasteiger partial charge on any atom is -0.248 e. The third kappa shape index (κ3) is 12.9. The highest BCUT2D eigenvalue weighted by Gasteiger charge is 2.41. The van der Waals surface area contributed by atoms with Crippen molar-refractivity contribution in [3.05, 3.63) is 65.5 Å². The first-order chi connectivity index (χ1) is 13.3. The smallest absolute Gasteiger partial charge is 0.123 e. The maximum absolute atomic E-state index is 12.6. The largest absolute Gasteiger partial charge is 0.248 e. The van der Waals surface area contributed by atoms with Gasteiger partial charge < -0.3 is 0 Å². The summed E-state index contributed by atoms with van der Waals surface area (Å²) in [6, 6.07) is 15.0. The molecule has 1 fully saturated rings. The topological polar surface area (TPSA) is 0 Å². The molecular weight excluding hydrogens is 370 g/mol. The fourth-order valence-corrected chi connectivity index (χ4v) is 2.49. The number of benzene rings is 2. The van der Waals surface area contributed by atoms with E-state index in [2.05, 4.69) is 26.5 Å². The van der Waals surface area contributed by atoms with Crippen molar-refractivity contribution in [1.29, 1.82) is 0 Å². The van der Waals surface area contributed by atoms with Crippen molar-refractivity contribution in [2.45, 2.75) is 91.1 Å². The van der Waals surface area contributed by atoms with E-state index in [4.69, 9.17) is 0 Å². The van der Waals surface area contributed by atoms with Crippen LogP contribution < -0.4 is 0 Å². The molecule has 0 N–H and O–H groups in total. The molecule has 0 heterocycles. The third-order valence-electron chi connectivity index (χ3n) is 4.02. The molecular formula is C25H40F2S. The number of alkyl halides is 1. The van der Waals surface area contributed by atoms with Gasteiger partial charge in [-0.1, -0.05) is 64.4 Å². The Kier molecular flexibility index (Phi) is 17.1. The Balaban J connectivity index is 0. The van der Waals surface area contributed by atoms with E-state index in [1.54, 1.807) is 12.1 Å². The summed E-state index contributed by atoms with van der Waals surface area (Å²) >= 11 is 4.13. The van der Waals surface area contributed by atoms with Gasteiger partial charge in [-0.2, -0.15) is 0 Å². The molecule has 2 aromatic carbocycles. The molecule has 160 valence electrons. The first-order valence-corrected chi connectivity index (χ1v) is 10.9. The van der Waals surface area contributed by atoms with Crippen LogP contribution in [-0.4, -0.2) is 6.17 Å². The lowest BCUT2D eigenvalue weighted by atomic mass is 9.93. The van der Waals surface area contributed by atoms with Crippen LogP contribution in [0.25, 0.3) is 0 Å². The molecule has 0 radical (unpaired) electrons. The normalized spacial score (nSPS) is 12.6. The van der Waals surface area contributed by atoms with Crippen LogP contribution in [0.15, 0.2) is 53.4 Å². The van der Waals surface area contributed by atoms with Crippen molar-refractivity contribution in [1.82, 2.24) is 0 Å². The van der Waals surface area contributed by atoms with Gasteiger partial charge in [0, 0.05) is 4.90 Å². The monoisotopic (exact) mass is 410 g/mol. The summed E-state index contributed by atoms with van der Waals surface area (Å²) in [7, 11) is 0. The Morgan fingerprint density at radius 1 is 0.893 bits per heavy atom. The second-order valence-corrected chi connectivity index (χ2v) is 7.01. The van der Waals surface area contributed by atoms with Gasteiger partial charge >= 0.3 is 0 Å². The molecule has 28 heavy (non-hydrogen) atoms. The van der Waals surface area contributed by atoms with E-state index in [0.717, 1.165) is 4.90 Å². The molecule has 0 spiro atoms. The van der Waals surface area contributed by atoms with E-state index in [1.807, 2.05) is 64.1 Å². The van der Waals surface area contributed by atoms with Crippen LogP contribution in [0.4, 0.5) is 8.78 Å². The zero-order valence-corrected chi connectivity index (χ0v) is 19.9. The molecule has 0 unspecified atom stereocenters. The second-order valence-electron chi connectivity index (χ2n) is 6.49. The summed E-state index contributed by atoms with van der Waals surface area (Å²) in [5.41, 5.74) is 3.00. The van der Waals surface area contributed by atoms with E-state index in [1.165, 1.54) is 44.2 Å². The van der Waals surface area contributed by atoms with Crippen LogP contribution in [0.2, 0.25) is 0 Å². The first kappa shape index (κ1) is 28.9. The number of hydrogen-bond acceptors (Lipinski definition) is 1. The quantitative estimate of drug-likeness (QED) is 0.469. The predicted octanol–water partition coefficient (Wildman–Crippen LogP) is 8.97. The van der Waals surface area contributed by atoms with Gasteiger partial charge in [-0.25, -0.2) is 8.78 Å². The van der Waals surface area contributed by atoms with Crippen LogP contribution in [0, 0.1) is 12.7 Å². The average molecular weight is 411 g/mol. The van der Waals surface area contributed by atoms with Gasteiger partial charge in [0.25, 0.3) is 0 Å². The molecule has 1 saturated carbocycles. The Bertz CT molecular complexity index is 561. The lowest BCUT2D eigenvalue weighted by Gasteiger charge is -2.11. The highest BCUT2D eigenvalue weighted by Crippen LogP contribution is 2.50. The summed E-state index contributed by atoms with van der Waals surface area (Å²) in [4.78, 5) is 1.02. The van der Waals surface area contributed by atoms with Crippen LogP contribution in [0.5, 0.6) is 0 Å². The average Bonchev–Trinajstić information content (AvgIpc) is 3.49. The number of halogens is 2. The zero-order valence-electron chi connectivity index (χ0n) is 19.0. The predicted molar refractivity (Wildman–Crippen MR) is 125 cm³/mol. The lowest BCUT2D eigenvalue weighted by Crippen LogP contribution is -2.03. The fourth-order valence-electron chi connectivity index (χ4n) is 2.35. The van der Waals surface area contributed by atoms with E-state index in [-0.39, 0.29) is 5.82 Å². The number of hydrogen-bond donors (Lipinski definition) is 1. The number of rotatable bonds is 2. The zero-order chi connectivity index (χ0) is 22.2. The van der Waals surface area contributed by atoms with Gasteiger partial charge in [0.15, 0.2) is 0 Å². The van der Waals surface area contributed by atoms with Crippen molar-refractivity contribution in [2.75, 3.05) is 0 Å². The van der Waals surface area contributed by atoms with Gasteiger partial charge in [0.05, 0.1) is 6.17 Å². The van der Waals surface area contributed by atoms with E-state index in [0.29, 0.717) is 5.41 Å². The molecule has 0 bridgehead atoms. The van der Waals surface area contributed by atoms with Gasteiger partial charge in [-0.3, -0.25) is 0 Å². The first-order valence-electron chi connectivity index (χ1n) is 10.4. The molecule has 3 heteroatoms. The van der Waals surface area contributed by atoms with Gasteiger partial charge in [0.1, 0.15) is 5.82 Å². The molecule has 2 aromatic rings. The van der Waals surface area contributed by atoms with Gasteiger partial charge in [0.2, 0.25) is 0 Å². The lowest BCUT2D eigenvalue weighted by molar-refractivity contribution is 0.391. The SMILES string of the molecule is CC.CC.CC(C)F.CCC1(c2ccc(F)cc2)CC1.Cc1ccc(S)cc1. The van der Waals surface area contributed by atoms with Crippen molar-refractivity contribution in [3.63, 3.8) is 0 Å². The Morgan fingerprint density at radius 2 is 1.29 bits per heavy atom. The van der Waals surface area contributed by atoms with Gasteiger partial charge in [-0.05, 0) is 75.3 Å². The molecule has 0 amide bonds. The molecule has 0 nitrogen and oxygen atoms in total. The van der Waals surface area contributed by atoms with Crippen molar-refractivity contribution in [2.24, 2.45) is 0 Å². The molecule has 1 aliphatic rings. The number of thiol groups is 1. The summed E-state index contributed by atoms with van der Waals surface area (Å²) in [6.45, 7) is 15.3. The van der Waals surface area contributed by atoms with E-state index < -0.39 is 6.17 Å². The maximum Gasteiger partial charge on any atom is 0.123 e. The van der Waals surface area contributed by atoms with Crippen LogP contribution >= 0.6 is 12.6 Å². The standard InChI is InChI=1S/C11H13F.C7H8S.C3H7F.2C2H6/c1-2-11(7-8-11)9-3-5-10(12)6-4-9;1-6-2-4-7(8)5-3-6;1-3(2)4;2*1-2/h3-6H,2,7-8H2,1H3;2-5,8H,1H3;3H,1-2H3;2*1-2H3. The third-order valence-corrected chi connectivity index (χ3v) is 4.32. The molecule has 3 rings (SSSR count). The maximum atomic E-state index is 12.6.